The van der Waals surface area contributed by atoms with Crippen molar-refractivity contribution in [2.24, 2.45) is 11.7 Å². The van der Waals surface area contributed by atoms with E-state index in [2.05, 4.69) is 29.6 Å². The molecule has 0 saturated carbocycles. The molecule has 86 valence electrons. The summed E-state index contributed by atoms with van der Waals surface area (Å²) in [6.45, 7) is 4.99. The van der Waals surface area contributed by atoms with E-state index in [1.54, 1.807) is 0 Å². The Balaban J connectivity index is 2.27. The van der Waals surface area contributed by atoms with Gasteiger partial charge in [0.1, 0.15) is 5.00 Å². The third-order valence-corrected chi connectivity index (χ3v) is 3.57. The summed E-state index contributed by atoms with van der Waals surface area (Å²) in [6, 6.07) is 8.48. The van der Waals surface area contributed by atoms with Gasteiger partial charge in [-0.2, -0.15) is 4.37 Å². The first-order valence-corrected chi connectivity index (χ1v) is 6.30. The quantitative estimate of drug-likeness (QED) is 0.856. The number of aromatic nitrogens is 1. The van der Waals surface area contributed by atoms with Gasteiger partial charge in [0.2, 0.25) is 0 Å². The minimum atomic E-state index is 0.309. The lowest BCUT2D eigenvalue weighted by Gasteiger charge is -2.20. The van der Waals surface area contributed by atoms with E-state index in [1.165, 1.54) is 16.9 Å². The molecule has 3 N–H and O–H groups in total. The number of nitrogens with one attached hydrogen (secondary N) is 1. The van der Waals surface area contributed by atoms with E-state index >= 15 is 0 Å². The average molecular weight is 235 g/mol. The molecule has 1 aromatic heterocycles. The van der Waals surface area contributed by atoms with Gasteiger partial charge in [-0.25, -0.2) is 0 Å². The minimum absolute atomic E-state index is 0.309. The molecular weight excluding hydrogens is 218 g/mol. The first-order valence-electron chi connectivity index (χ1n) is 5.53. The van der Waals surface area contributed by atoms with Gasteiger partial charge < -0.3 is 11.1 Å². The smallest absolute Gasteiger partial charge is 0.117 e. The van der Waals surface area contributed by atoms with Crippen LogP contribution in [-0.4, -0.2) is 17.0 Å². The van der Waals surface area contributed by atoms with Crippen molar-refractivity contribution < 1.29 is 0 Å². The summed E-state index contributed by atoms with van der Waals surface area (Å²) in [5.74, 6) is 0.519. The van der Waals surface area contributed by atoms with Crippen LogP contribution in [0.1, 0.15) is 13.8 Å². The first-order chi connectivity index (χ1) is 7.72. The fraction of sp³-hybridized carbons (Fsp3) is 0.417. The lowest BCUT2D eigenvalue weighted by atomic mass is 10.1. The van der Waals surface area contributed by atoms with Gasteiger partial charge in [0.05, 0.1) is 5.52 Å². The van der Waals surface area contributed by atoms with Gasteiger partial charge in [0.15, 0.2) is 0 Å². The van der Waals surface area contributed by atoms with Crippen molar-refractivity contribution in [3.8, 4) is 0 Å². The van der Waals surface area contributed by atoms with Gasteiger partial charge in [-0.1, -0.05) is 26.0 Å². The van der Waals surface area contributed by atoms with Crippen LogP contribution in [0.5, 0.6) is 0 Å². The molecule has 0 radical (unpaired) electrons. The molecule has 2 rings (SSSR count). The molecule has 16 heavy (non-hydrogen) atoms. The number of benzene rings is 1. The molecule has 0 aliphatic carbocycles. The maximum absolute atomic E-state index is 5.76. The third kappa shape index (κ3) is 2.18. The molecule has 0 spiro atoms. The predicted molar refractivity (Wildman–Crippen MR) is 70.9 cm³/mol. The Hall–Kier alpha value is -1.13. The highest BCUT2D eigenvalue weighted by atomic mass is 32.1. The zero-order valence-corrected chi connectivity index (χ0v) is 10.4. The molecule has 0 saturated heterocycles. The van der Waals surface area contributed by atoms with Gasteiger partial charge in [-0.15, -0.1) is 0 Å². The van der Waals surface area contributed by atoms with E-state index in [1.807, 2.05) is 18.2 Å². The van der Waals surface area contributed by atoms with Crippen molar-refractivity contribution >= 4 is 27.4 Å². The van der Waals surface area contributed by atoms with Crippen LogP contribution >= 0.6 is 11.5 Å². The molecule has 0 aliphatic heterocycles. The van der Waals surface area contributed by atoms with Crippen molar-refractivity contribution in [3.05, 3.63) is 24.3 Å². The maximum atomic E-state index is 5.76. The highest BCUT2D eigenvalue weighted by molar-refractivity contribution is 7.11. The van der Waals surface area contributed by atoms with E-state index in [0.717, 1.165) is 10.5 Å². The summed E-state index contributed by atoms with van der Waals surface area (Å²) < 4.78 is 4.40. The van der Waals surface area contributed by atoms with Crippen LogP contribution in [0, 0.1) is 5.92 Å². The molecule has 2 aromatic rings. The van der Waals surface area contributed by atoms with E-state index in [0.29, 0.717) is 18.5 Å². The number of hydrogen-bond acceptors (Lipinski definition) is 4. The van der Waals surface area contributed by atoms with E-state index in [9.17, 15) is 0 Å². The predicted octanol–water partition coefficient (Wildman–Crippen LogP) is 2.69. The summed E-state index contributed by atoms with van der Waals surface area (Å²) in [5.41, 5.74) is 6.81. The second kappa shape index (κ2) is 4.80. The Kier molecular flexibility index (Phi) is 3.41. The summed E-state index contributed by atoms with van der Waals surface area (Å²) in [6.07, 6.45) is 0. The molecule has 3 nitrogen and oxygen atoms in total. The van der Waals surface area contributed by atoms with E-state index in [4.69, 9.17) is 5.73 Å². The number of nitrogens with zero attached hydrogens (tertiary/aromatic N) is 1. The highest BCUT2D eigenvalue weighted by Crippen LogP contribution is 2.28. The highest BCUT2D eigenvalue weighted by Gasteiger charge is 2.13. The second-order valence-corrected chi connectivity index (χ2v) is 5.03. The molecule has 1 unspecified atom stereocenters. The standard InChI is InChI=1S/C12H17N3S/c1-8(2)11(7-13)14-12-9-5-3-4-6-10(9)15-16-12/h3-6,8,11,14H,7,13H2,1-2H3. The van der Waals surface area contributed by atoms with Crippen LogP contribution < -0.4 is 11.1 Å². The van der Waals surface area contributed by atoms with Gasteiger partial charge in [0, 0.05) is 18.0 Å². The Morgan fingerprint density at radius 3 is 2.81 bits per heavy atom. The number of nitrogens with two attached hydrogens (primary N) is 1. The number of fused-ring (bicyclic) bond motifs is 1. The zero-order valence-electron chi connectivity index (χ0n) is 9.60. The molecule has 1 aromatic carbocycles. The third-order valence-electron chi connectivity index (χ3n) is 2.76. The minimum Gasteiger partial charge on any atom is -0.371 e. The second-order valence-electron chi connectivity index (χ2n) is 4.26. The lowest BCUT2D eigenvalue weighted by molar-refractivity contribution is 0.533. The van der Waals surface area contributed by atoms with Crippen molar-refractivity contribution in [1.29, 1.82) is 0 Å². The Bertz CT molecular complexity index is 464. The van der Waals surface area contributed by atoms with Crippen molar-refractivity contribution in [2.75, 3.05) is 11.9 Å². The Morgan fingerprint density at radius 1 is 1.38 bits per heavy atom. The van der Waals surface area contributed by atoms with Gasteiger partial charge in [0.25, 0.3) is 0 Å². The summed E-state index contributed by atoms with van der Waals surface area (Å²) in [5, 5.41) is 5.79. The molecule has 0 amide bonds. The Labute approximate surface area is 99.8 Å². The first kappa shape index (κ1) is 11.4. The SMILES string of the molecule is CC(C)C(CN)Nc1snc2ccccc12. The fourth-order valence-corrected chi connectivity index (χ4v) is 2.48. The topological polar surface area (TPSA) is 50.9 Å². The van der Waals surface area contributed by atoms with E-state index < -0.39 is 0 Å². The molecule has 1 heterocycles. The largest absolute Gasteiger partial charge is 0.371 e. The molecular formula is C12H17N3S. The van der Waals surface area contributed by atoms with Crippen LogP contribution in [-0.2, 0) is 0 Å². The monoisotopic (exact) mass is 235 g/mol. The molecule has 0 bridgehead atoms. The summed E-state index contributed by atoms with van der Waals surface area (Å²) in [7, 11) is 0. The van der Waals surface area contributed by atoms with E-state index in [-0.39, 0.29) is 0 Å². The van der Waals surface area contributed by atoms with Crippen molar-refractivity contribution in [1.82, 2.24) is 4.37 Å². The van der Waals surface area contributed by atoms with Gasteiger partial charge in [-0.05, 0) is 29.6 Å². The molecule has 0 aliphatic rings. The van der Waals surface area contributed by atoms with Crippen molar-refractivity contribution in [2.45, 2.75) is 19.9 Å². The number of rotatable bonds is 4. The Morgan fingerprint density at radius 2 is 2.12 bits per heavy atom. The average Bonchev–Trinajstić information content (AvgIpc) is 2.69. The van der Waals surface area contributed by atoms with Crippen LogP contribution in [0.3, 0.4) is 0 Å². The molecule has 4 heteroatoms. The molecule has 0 fully saturated rings. The molecule has 1 atom stereocenters. The van der Waals surface area contributed by atoms with Crippen LogP contribution in [0.15, 0.2) is 24.3 Å². The number of anilines is 1. The van der Waals surface area contributed by atoms with Crippen LogP contribution in [0.4, 0.5) is 5.00 Å². The van der Waals surface area contributed by atoms with Crippen molar-refractivity contribution in [3.63, 3.8) is 0 Å². The maximum Gasteiger partial charge on any atom is 0.117 e. The lowest BCUT2D eigenvalue weighted by Crippen LogP contribution is -2.33. The van der Waals surface area contributed by atoms with Crippen LogP contribution in [0.25, 0.3) is 10.9 Å². The normalized spacial score (nSPS) is 13.2. The summed E-state index contributed by atoms with van der Waals surface area (Å²) in [4.78, 5) is 0. The van der Waals surface area contributed by atoms with Gasteiger partial charge in [-0.3, -0.25) is 0 Å². The van der Waals surface area contributed by atoms with Gasteiger partial charge >= 0.3 is 0 Å². The van der Waals surface area contributed by atoms with Crippen LogP contribution in [0.2, 0.25) is 0 Å². The fourth-order valence-electron chi connectivity index (χ4n) is 1.66. The summed E-state index contributed by atoms with van der Waals surface area (Å²) >= 11 is 1.51. The number of hydrogen-bond donors (Lipinski definition) is 2. The zero-order chi connectivity index (χ0) is 11.5.